The van der Waals surface area contributed by atoms with Gasteiger partial charge in [0.15, 0.2) is 0 Å². The third kappa shape index (κ3) is 15.6. The van der Waals surface area contributed by atoms with Crippen LogP contribution in [0, 0.1) is 40.4 Å². The molecule has 0 aliphatic carbocycles. The average molecular weight is 699 g/mol. The Balaban J connectivity index is 2.36. The number of unbranched alkanes of at least 4 members (excludes halogenated alkanes) is 3. The van der Waals surface area contributed by atoms with Crippen LogP contribution in [0.5, 0.6) is 0 Å². The summed E-state index contributed by atoms with van der Waals surface area (Å²) in [6.45, 7) is 18.3. The standard InChI is InChI=1S/C43H66N6O2/c1-8-14-18-34(11-4)30-49(31-35(12-5)19-15-9-2)40-22-23-41(42(27-40)46-33(7)50)47-48-43-38(28-44)25-37(26-39(43)29-45)21-17-24-51-32-36(13-6)20-16-10-3/h22-23,25-27,34-36H,8-21,24,30-32H2,1-7H3,(H,46,50). The molecule has 0 bridgehead atoms. The molecule has 2 rings (SSSR count). The van der Waals surface area contributed by atoms with E-state index in [0.29, 0.717) is 53.3 Å². The van der Waals surface area contributed by atoms with Gasteiger partial charge in [0.1, 0.15) is 23.5 Å². The largest absolute Gasteiger partial charge is 0.381 e. The van der Waals surface area contributed by atoms with Gasteiger partial charge in [-0.2, -0.15) is 10.5 Å². The Hall–Kier alpha value is -3.75. The number of amides is 1. The maximum absolute atomic E-state index is 12.4. The van der Waals surface area contributed by atoms with Gasteiger partial charge in [0.25, 0.3) is 0 Å². The van der Waals surface area contributed by atoms with Gasteiger partial charge in [-0.15, -0.1) is 10.2 Å². The zero-order valence-corrected chi connectivity index (χ0v) is 32.9. The molecule has 3 atom stereocenters. The highest BCUT2D eigenvalue weighted by Crippen LogP contribution is 2.35. The number of nitriles is 2. The highest BCUT2D eigenvalue weighted by Gasteiger charge is 2.20. The number of ether oxygens (including phenoxy) is 1. The molecule has 0 fully saturated rings. The van der Waals surface area contributed by atoms with Crippen molar-refractivity contribution in [2.75, 3.05) is 36.5 Å². The summed E-state index contributed by atoms with van der Waals surface area (Å²) >= 11 is 0. The summed E-state index contributed by atoms with van der Waals surface area (Å²) in [5.74, 6) is 1.57. The van der Waals surface area contributed by atoms with Gasteiger partial charge in [0, 0.05) is 38.9 Å². The fraction of sp³-hybridized carbons (Fsp3) is 0.651. The lowest BCUT2D eigenvalue weighted by molar-refractivity contribution is -0.114. The van der Waals surface area contributed by atoms with Crippen LogP contribution in [-0.2, 0) is 16.0 Å². The van der Waals surface area contributed by atoms with Gasteiger partial charge in [-0.1, -0.05) is 99.3 Å². The van der Waals surface area contributed by atoms with Crippen molar-refractivity contribution >= 4 is 28.7 Å². The van der Waals surface area contributed by atoms with Gasteiger partial charge < -0.3 is 15.0 Å². The lowest BCUT2D eigenvalue weighted by Gasteiger charge is -2.33. The van der Waals surface area contributed by atoms with Crippen molar-refractivity contribution in [3.05, 3.63) is 47.0 Å². The Labute approximate surface area is 310 Å². The summed E-state index contributed by atoms with van der Waals surface area (Å²) in [5, 5.41) is 32.0. The molecule has 0 saturated heterocycles. The van der Waals surface area contributed by atoms with Crippen LogP contribution < -0.4 is 10.2 Å². The molecule has 0 saturated carbocycles. The number of hydrogen-bond donors (Lipinski definition) is 1. The van der Waals surface area contributed by atoms with E-state index in [4.69, 9.17) is 4.74 Å². The Kier molecular flexibility index (Phi) is 21.5. The molecular weight excluding hydrogens is 633 g/mol. The van der Waals surface area contributed by atoms with Crippen LogP contribution in [0.3, 0.4) is 0 Å². The minimum Gasteiger partial charge on any atom is -0.381 e. The lowest BCUT2D eigenvalue weighted by atomic mass is 9.95. The molecule has 8 heteroatoms. The number of hydrogen-bond acceptors (Lipinski definition) is 7. The number of carbonyl (C=O) groups is 1. The zero-order chi connectivity index (χ0) is 37.4. The van der Waals surface area contributed by atoms with Gasteiger partial charge in [-0.25, -0.2) is 0 Å². The van der Waals surface area contributed by atoms with E-state index in [9.17, 15) is 15.3 Å². The molecule has 0 aromatic heterocycles. The smallest absolute Gasteiger partial charge is 0.221 e. The molecule has 1 N–H and O–H groups in total. The third-order valence-electron chi connectivity index (χ3n) is 10.0. The van der Waals surface area contributed by atoms with E-state index >= 15 is 0 Å². The van der Waals surface area contributed by atoms with E-state index in [1.54, 1.807) is 12.1 Å². The van der Waals surface area contributed by atoms with Crippen molar-refractivity contribution < 1.29 is 9.53 Å². The number of carbonyl (C=O) groups excluding carboxylic acids is 1. The first-order chi connectivity index (χ1) is 24.8. The highest BCUT2D eigenvalue weighted by atomic mass is 16.5. The lowest BCUT2D eigenvalue weighted by Crippen LogP contribution is -2.34. The number of benzene rings is 2. The summed E-state index contributed by atoms with van der Waals surface area (Å²) in [6.07, 6.45) is 15.7. The van der Waals surface area contributed by atoms with Crippen LogP contribution in [0.2, 0.25) is 0 Å². The number of nitrogens with one attached hydrogen (secondary N) is 1. The Morgan fingerprint density at radius 1 is 0.784 bits per heavy atom. The van der Waals surface area contributed by atoms with Crippen LogP contribution in [0.15, 0.2) is 40.6 Å². The van der Waals surface area contributed by atoms with Crippen molar-refractivity contribution in [3.63, 3.8) is 0 Å². The fourth-order valence-electron chi connectivity index (χ4n) is 6.59. The first-order valence-corrected chi connectivity index (χ1v) is 19.9. The van der Waals surface area contributed by atoms with Crippen molar-refractivity contribution in [1.82, 2.24) is 0 Å². The summed E-state index contributed by atoms with van der Waals surface area (Å²) in [6, 6.07) is 14.0. The monoisotopic (exact) mass is 699 g/mol. The molecule has 0 aliphatic rings. The van der Waals surface area contributed by atoms with E-state index in [-0.39, 0.29) is 11.6 Å². The maximum Gasteiger partial charge on any atom is 0.221 e. The van der Waals surface area contributed by atoms with Gasteiger partial charge in [0.2, 0.25) is 5.91 Å². The van der Waals surface area contributed by atoms with Crippen LogP contribution in [0.4, 0.5) is 22.7 Å². The highest BCUT2D eigenvalue weighted by molar-refractivity contribution is 5.93. The molecule has 51 heavy (non-hydrogen) atoms. The molecule has 2 aromatic carbocycles. The number of nitrogens with zero attached hydrogens (tertiary/aromatic N) is 5. The minimum atomic E-state index is -0.200. The molecule has 8 nitrogen and oxygen atoms in total. The summed E-state index contributed by atoms with van der Waals surface area (Å²) < 4.78 is 5.97. The van der Waals surface area contributed by atoms with E-state index in [2.05, 4.69) is 80.2 Å². The fourth-order valence-corrected chi connectivity index (χ4v) is 6.59. The van der Waals surface area contributed by atoms with Gasteiger partial charge in [-0.05, 0) is 85.8 Å². The molecule has 0 aliphatic heterocycles. The summed E-state index contributed by atoms with van der Waals surface area (Å²) in [5.41, 5.74) is 3.84. The van der Waals surface area contributed by atoms with Crippen molar-refractivity contribution in [2.45, 2.75) is 138 Å². The summed E-state index contributed by atoms with van der Waals surface area (Å²) in [7, 11) is 0. The third-order valence-corrected chi connectivity index (χ3v) is 10.0. The molecular formula is C43H66N6O2. The van der Waals surface area contributed by atoms with Crippen LogP contribution >= 0.6 is 0 Å². The second kappa shape index (κ2) is 25.2. The predicted octanol–water partition coefficient (Wildman–Crippen LogP) is 12.2. The van der Waals surface area contributed by atoms with Gasteiger partial charge >= 0.3 is 0 Å². The van der Waals surface area contributed by atoms with Crippen LogP contribution in [0.25, 0.3) is 0 Å². The Morgan fingerprint density at radius 2 is 1.33 bits per heavy atom. The van der Waals surface area contributed by atoms with Gasteiger partial charge in [0.05, 0.1) is 16.8 Å². The molecule has 0 radical (unpaired) electrons. The van der Waals surface area contributed by atoms with Crippen molar-refractivity contribution in [2.24, 2.45) is 28.0 Å². The van der Waals surface area contributed by atoms with E-state index < -0.39 is 0 Å². The Morgan fingerprint density at radius 3 is 1.82 bits per heavy atom. The number of aryl methyl sites for hydroxylation is 1. The zero-order valence-electron chi connectivity index (χ0n) is 32.9. The van der Waals surface area contributed by atoms with Crippen LogP contribution in [-0.4, -0.2) is 32.2 Å². The molecule has 280 valence electrons. The SMILES string of the molecule is CCCCC(CC)COCCCc1cc(C#N)c(N=Nc2ccc(N(CC(CC)CCCC)CC(CC)CCCC)cc2NC(C)=O)c(C#N)c1. The van der Waals surface area contributed by atoms with Crippen molar-refractivity contribution in [3.8, 4) is 12.1 Å². The summed E-state index contributed by atoms with van der Waals surface area (Å²) in [4.78, 5) is 14.9. The quantitative estimate of drug-likeness (QED) is 0.0775. The van der Waals surface area contributed by atoms with Gasteiger partial charge in [-0.3, -0.25) is 4.79 Å². The first-order valence-electron chi connectivity index (χ1n) is 19.9. The van der Waals surface area contributed by atoms with Crippen LogP contribution in [0.1, 0.15) is 149 Å². The molecule has 0 spiro atoms. The minimum absolute atomic E-state index is 0.200. The maximum atomic E-state index is 12.4. The normalized spacial score (nSPS) is 13.0. The molecule has 3 unspecified atom stereocenters. The topological polar surface area (TPSA) is 114 Å². The first kappa shape index (κ1) is 43.4. The molecule has 1 amide bonds. The number of rotatable bonds is 26. The van der Waals surface area contributed by atoms with E-state index in [1.165, 1.54) is 64.7 Å². The van der Waals surface area contributed by atoms with Crippen molar-refractivity contribution in [1.29, 1.82) is 10.5 Å². The van der Waals surface area contributed by atoms with E-state index in [1.807, 2.05) is 12.1 Å². The second-order valence-corrected chi connectivity index (χ2v) is 14.2. The molecule has 0 heterocycles. The Bertz CT molecular complexity index is 1370. The number of azo groups is 1. The molecule has 2 aromatic rings. The average Bonchev–Trinajstić information content (AvgIpc) is 3.14. The number of anilines is 2. The predicted molar refractivity (Wildman–Crippen MR) is 212 cm³/mol. The second-order valence-electron chi connectivity index (χ2n) is 14.2. The van der Waals surface area contributed by atoms with E-state index in [0.717, 1.165) is 56.6 Å².